The number of rotatable bonds is 10. The summed E-state index contributed by atoms with van der Waals surface area (Å²) in [6.45, 7) is 28.0. The van der Waals surface area contributed by atoms with Gasteiger partial charge in [-0.1, -0.05) is 17.1 Å². The Hall–Kier alpha value is -0.292. The zero-order chi connectivity index (χ0) is 16.9. The highest BCUT2D eigenvalue weighted by molar-refractivity contribution is 6.95. The average Bonchev–Trinajstić information content (AvgIpc) is 2.37. The molecule has 3 nitrogen and oxygen atoms in total. The molecule has 0 heterocycles. The molecular formula is C14H30O3Si4. The van der Waals surface area contributed by atoms with Crippen molar-refractivity contribution in [3.05, 3.63) is 49.1 Å². The molecule has 0 aromatic rings. The van der Waals surface area contributed by atoms with Crippen molar-refractivity contribution in [2.24, 2.45) is 0 Å². The van der Waals surface area contributed by atoms with Gasteiger partial charge in [-0.3, -0.25) is 0 Å². The first-order chi connectivity index (χ1) is 9.36. The van der Waals surface area contributed by atoms with E-state index in [0.29, 0.717) is 0 Å². The molecule has 0 aliphatic rings. The van der Waals surface area contributed by atoms with Gasteiger partial charge in [-0.05, 0) is 45.0 Å². The van der Waals surface area contributed by atoms with Crippen LogP contribution in [-0.2, 0) is 12.3 Å². The fourth-order valence-corrected chi connectivity index (χ4v) is 13.8. The van der Waals surface area contributed by atoms with Gasteiger partial charge >= 0.3 is 8.80 Å². The standard InChI is InChI=1S/C14H30O3Si4/c1-11-18(5,6)15-21(14-4,16-19(7,8)12-2)17-20(9,10)13-3/h11-14H,1-4H2,5-10H3. The second kappa shape index (κ2) is 7.31. The summed E-state index contributed by atoms with van der Waals surface area (Å²) in [7, 11) is -9.24. The van der Waals surface area contributed by atoms with E-state index in [0.717, 1.165) is 0 Å². The summed E-state index contributed by atoms with van der Waals surface area (Å²) in [5.74, 6) is 0. The van der Waals surface area contributed by atoms with Gasteiger partial charge in [0, 0.05) is 0 Å². The van der Waals surface area contributed by atoms with E-state index < -0.39 is 33.8 Å². The van der Waals surface area contributed by atoms with Crippen molar-refractivity contribution < 1.29 is 12.3 Å². The van der Waals surface area contributed by atoms with E-state index in [1.165, 1.54) is 0 Å². The first-order valence-corrected chi connectivity index (χ1v) is 17.8. The quantitative estimate of drug-likeness (QED) is 0.538. The summed E-state index contributed by atoms with van der Waals surface area (Å²) in [5.41, 5.74) is 7.39. The molecule has 0 aliphatic heterocycles. The van der Waals surface area contributed by atoms with Crippen LogP contribution in [-0.4, -0.2) is 33.8 Å². The van der Waals surface area contributed by atoms with Crippen molar-refractivity contribution in [2.75, 3.05) is 0 Å². The summed E-state index contributed by atoms with van der Waals surface area (Å²) in [4.78, 5) is 0. The fourth-order valence-electron chi connectivity index (χ4n) is 1.41. The predicted octanol–water partition coefficient (Wildman–Crippen LogP) is 4.49. The molecular weight excluding hydrogens is 328 g/mol. The van der Waals surface area contributed by atoms with Crippen molar-refractivity contribution in [3.8, 4) is 0 Å². The lowest BCUT2D eigenvalue weighted by Crippen LogP contribution is -2.60. The molecule has 0 radical (unpaired) electrons. The number of hydrogen-bond donors (Lipinski definition) is 0. The van der Waals surface area contributed by atoms with Gasteiger partial charge in [-0.15, -0.1) is 26.3 Å². The predicted molar refractivity (Wildman–Crippen MR) is 102 cm³/mol. The SMILES string of the molecule is C=C[Si](C)(C)O[Si](C=C)(O[Si](C)(C)C=C)O[Si](C)(C)C=C. The van der Waals surface area contributed by atoms with Crippen LogP contribution in [0.2, 0.25) is 39.3 Å². The summed E-state index contributed by atoms with van der Waals surface area (Å²) in [6, 6.07) is 0. The zero-order valence-corrected chi connectivity index (χ0v) is 18.4. The molecule has 0 aromatic heterocycles. The van der Waals surface area contributed by atoms with Crippen LogP contribution in [0.15, 0.2) is 49.1 Å². The molecule has 0 unspecified atom stereocenters. The maximum absolute atomic E-state index is 6.37. The Kier molecular flexibility index (Phi) is 7.21. The van der Waals surface area contributed by atoms with Crippen LogP contribution in [0.5, 0.6) is 0 Å². The van der Waals surface area contributed by atoms with Gasteiger partial charge in [0.25, 0.3) is 0 Å². The lowest BCUT2D eigenvalue weighted by Gasteiger charge is -2.41. The Morgan fingerprint density at radius 1 is 0.524 bits per heavy atom. The molecule has 0 atom stereocenters. The lowest BCUT2D eigenvalue weighted by atomic mass is 11.3. The third-order valence-corrected chi connectivity index (χ3v) is 16.1. The van der Waals surface area contributed by atoms with Gasteiger partial charge in [0.15, 0.2) is 0 Å². The van der Waals surface area contributed by atoms with Crippen LogP contribution < -0.4 is 0 Å². The average molecular weight is 359 g/mol. The molecule has 0 aliphatic carbocycles. The van der Waals surface area contributed by atoms with E-state index in [1.807, 2.05) is 17.1 Å². The van der Waals surface area contributed by atoms with Crippen LogP contribution in [0.4, 0.5) is 0 Å². The van der Waals surface area contributed by atoms with Crippen molar-refractivity contribution in [2.45, 2.75) is 39.3 Å². The Labute approximate surface area is 134 Å². The molecule has 0 fully saturated rings. The monoisotopic (exact) mass is 358 g/mol. The van der Waals surface area contributed by atoms with Crippen molar-refractivity contribution in [1.82, 2.24) is 0 Å². The van der Waals surface area contributed by atoms with Gasteiger partial charge in [-0.2, -0.15) is 0 Å². The summed E-state index contributed by atoms with van der Waals surface area (Å²) in [5, 5.41) is 0. The summed E-state index contributed by atoms with van der Waals surface area (Å²) >= 11 is 0. The molecule has 0 bridgehead atoms. The van der Waals surface area contributed by atoms with E-state index in [1.54, 1.807) is 5.70 Å². The van der Waals surface area contributed by atoms with E-state index in [2.05, 4.69) is 65.6 Å². The van der Waals surface area contributed by atoms with E-state index >= 15 is 0 Å². The Balaban J connectivity index is 5.69. The molecule has 21 heavy (non-hydrogen) atoms. The highest BCUT2D eigenvalue weighted by Crippen LogP contribution is 2.27. The molecule has 0 saturated heterocycles. The molecule has 0 saturated carbocycles. The Morgan fingerprint density at radius 3 is 0.905 bits per heavy atom. The molecule has 0 rings (SSSR count). The maximum atomic E-state index is 6.37. The van der Waals surface area contributed by atoms with Crippen LogP contribution in [0.3, 0.4) is 0 Å². The van der Waals surface area contributed by atoms with Crippen LogP contribution in [0.25, 0.3) is 0 Å². The largest absolute Gasteiger partial charge is 0.498 e. The zero-order valence-electron chi connectivity index (χ0n) is 14.4. The third kappa shape index (κ3) is 7.00. The summed E-state index contributed by atoms with van der Waals surface area (Å²) < 4.78 is 19.1. The molecule has 0 amide bonds. The van der Waals surface area contributed by atoms with E-state index in [9.17, 15) is 0 Å². The fraction of sp³-hybridized carbons (Fsp3) is 0.429. The molecule has 7 heteroatoms. The highest BCUT2D eigenvalue weighted by Gasteiger charge is 2.49. The minimum absolute atomic E-state index is 1.74. The van der Waals surface area contributed by atoms with Gasteiger partial charge in [0.05, 0.1) is 0 Å². The van der Waals surface area contributed by atoms with E-state index in [4.69, 9.17) is 12.3 Å². The highest BCUT2D eigenvalue weighted by atomic mass is 28.5. The Morgan fingerprint density at radius 2 is 0.762 bits per heavy atom. The maximum Gasteiger partial charge on any atom is 0.498 e. The van der Waals surface area contributed by atoms with Crippen molar-refractivity contribution >= 4 is 33.8 Å². The van der Waals surface area contributed by atoms with Crippen LogP contribution in [0, 0.1) is 0 Å². The summed E-state index contributed by atoms with van der Waals surface area (Å²) in [6.07, 6.45) is 0. The topological polar surface area (TPSA) is 27.7 Å². The molecule has 0 aromatic carbocycles. The minimum atomic E-state index is -3.00. The lowest BCUT2D eigenvalue weighted by molar-refractivity contribution is 0.275. The molecule has 120 valence electrons. The normalized spacial score (nSPS) is 13.6. The van der Waals surface area contributed by atoms with Crippen LogP contribution >= 0.6 is 0 Å². The van der Waals surface area contributed by atoms with Crippen molar-refractivity contribution in [1.29, 1.82) is 0 Å². The van der Waals surface area contributed by atoms with Gasteiger partial charge < -0.3 is 12.3 Å². The van der Waals surface area contributed by atoms with Gasteiger partial charge in [0.2, 0.25) is 25.0 Å². The first-order valence-electron chi connectivity index (χ1n) is 7.01. The van der Waals surface area contributed by atoms with E-state index in [-0.39, 0.29) is 0 Å². The first kappa shape index (κ1) is 20.7. The van der Waals surface area contributed by atoms with Crippen LogP contribution in [0.1, 0.15) is 0 Å². The second-order valence-electron chi connectivity index (χ2n) is 6.54. The van der Waals surface area contributed by atoms with Crippen molar-refractivity contribution in [3.63, 3.8) is 0 Å². The van der Waals surface area contributed by atoms with Gasteiger partial charge in [0.1, 0.15) is 0 Å². The minimum Gasteiger partial charge on any atom is -0.410 e. The molecule has 0 N–H and O–H groups in total. The second-order valence-corrected chi connectivity index (χ2v) is 21.4. The Bertz CT molecular complexity index is 361. The van der Waals surface area contributed by atoms with Gasteiger partial charge in [-0.25, -0.2) is 0 Å². The smallest absolute Gasteiger partial charge is 0.410 e. The molecule has 0 spiro atoms. The number of hydrogen-bond acceptors (Lipinski definition) is 3. The third-order valence-electron chi connectivity index (χ3n) is 2.94.